The van der Waals surface area contributed by atoms with Crippen LogP contribution in [-0.4, -0.2) is 50.2 Å². The van der Waals surface area contributed by atoms with Gasteiger partial charge in [0.05, 0.1) is 32.3 Å². The van der Waals surface area contributed by atoms with Crippen LogP contribution in [-0.2, 0) is 14.4 Å². The Kier molecular flexibility index (Phi) is 10.5. The fourth-order valence-corrected chi connectivity index (χ4v) is 6.42. The number of carbonyl (C=O) groups is 4. The second kappa shape index (κ2) is 14.9. The van der Waals surface area contributed by atoms with Crippen molar-refractivity contribution >= 4 is 52.8 Å². The topological polar surface area (TPSA) is 123 Å². The van der Waals surface area contributed by atoms with Crippen LogP contribution in [0.15, 0.2) is 95.5 Å². The highest BCUT2D eigenvalue weighted by atomic mass is 32.2. The Bertz CT molecular complexity index is 1850. The smallest absolute Gasteiger partial charge is 0.272 e. The van der Waals surface area contributed by atoms with E-state index in [-0.39, 0.29) is 23.9 Å². The molecule has 0 aromatic heterocycles. The van der Waals surface area contributed by atoms with E-state index in [0.29, 0.717) is 39.8 Å². The number of rotatable bonds is 11. The number of ether oxygens (including phenoxy) is 3. The molecule has 48 heavy (non-hydrogen) atoms. The number of methoxy groups -OCH3 is 3. The second-order valence-corrected chi connectivity index (χ2v) is 12.2. The third kappa shape index (κ3) is 7.37. The van der Waals surface area contributed by atoms with Gasteiger partial charge >= 0.3 is 0 Å². The highest BCUT2D eigenvalue weighted by Gasteiger charge is 2.41. The molecule has 1 atom stereocenters. The van der Waals surface area contributed by atoms with Crippen molar-refractivity contribution in [3.8, 4) is 17.2 Å². The Labute approximate surface area is 283 Å². The number of carbonyl (C=O) groups excluding carboxylic acids is 4. The molecule has 11 heteroatoms. The second-order valence-electron chi connectivity index (χ2n) is 10.9. The zero-order chi connectivity index (χ0) is 34.4. The number of hydrogen-bond donors (Lipinski definition) is 2. The van der Waals surface area contributed by atoms with Crippen molar-refractivity contribution in [3.63, 3.8) is 0 Å². The number of para-hydroxylation sites is 1. The first-order valence-corrected chi connectivity index (χ1v) is 15.9. The predicted octanol–water partition coefficient (Wildman–Crippen LogP) is 6.16. The minimum atomic E-state index is -0.575. The number of thioether (sulfide) groups is 1. The lowest BCUT2D eigenvalue weighted by Crippen LogP contribution is -2.32. The van der Waals surface area contributed by atoms with Gasteiger partial charge in [0.15, 0.2) is 11.5 Å². The van der Waals surface area contributed by atoms with Gasteiger partial charge < -0.3 is 24.8 Å². The van der Waals surface area contributed by atoms with Crippen molar-refractivity contribution in [3.05, 3.63) is 113 Å². The Hall–Kier alpha value is -5.55. The number of anilines is 2. The van der Waals surface area contributed by atoms with Gasteiger partial charge in [0.1, 0.15) is 5.70 Å². The highest BCUT2D eigenvalue weighted by Crippen LogP contribution is 2.39. The zero-order valence-electron chi connectivity index (χ0n) is 27.2. The summed E-state index contributed by atoms with van der Waals surface area (Å²) in [4.78, 5) is 55.0. The van der Waals surface area contributed by atoms with Gasteiger partial charge in [-0.2, -0.15) is 0 Å². The molecule has 5 rings (SSSR count). The van der Waals surface area contributed by atoms with E-state index >= 15 is 0 Å². The summed E-state index contributed by atoms with van der Waals surface area (Å²) in [6.07, 6.45) is 1.60. The average Bonchev–Trinajstić information content (AvgIpc) is 3.36. The number of nitrogens with zero attached hydrogens (tertiary/aromatic N) is 1. The molecule has 10 nitrogen and oxygen atoms in total. The molecule has 4 amide bonds. The molecule has 0 bridgehead atoms. The van der Waals surface area contributed by atoms with Crippen molar-refractivity contribution in [1.29, 1.82) is 0 Å². The highest BCUT2D eigenvalue weighted by molar-refractivity contribution is 8.00. The molecule has 1 saturated heterocycles. The van der Waals surface area contributed by atoms with Crippen LogP contribution in [0.4, 0.5) is 11.4 Å². The molecule has 246 valence electrons. The largest absolute Gasteiger partial charge is 0.493 e. The maximum atomic E-state index is 13.6. The maximum absolute atomic E-state index is 13.6. The van der Waals surface area contributed by atoms with Crippen LogP contribution in [0.5, 0.6) is 17.2 Å². The SMILES string of the molecule is COc1cc(/C=C(\NC(=O)c2ccccc2)C(=O)Nc2ccc(SC3CC(=O)N(c4c(C)cccc4C)C3=O)cc2)cc(OC)c1OC. The van der Waals surface area contributed by atoms with Crippen molar-refractivity contribution < 1.29 is 33.4 Å². The normalized spacial score (nSPS) is 14.5. The van der Waals surface area contributed by atoms with Gasteiger partial charge in [-0.15, -0.1) is 11.8 Å². The molecule has 1 aliphatic rings. The van der Waals surface area contributed by atoms with Gasteiger partial charge in [0.25, 0.3) is 11.8 Å². The minimum Gasteiger partial charge on any atom is -0.493 e. The molecule has 0 saturated carbocycles. The first kappa shape index (κ1) is 33.8. The molecule has 1 unspecified atom stereocenters. The Morgan fingerprint density at radius 2 is 1.46 bits per heavy atom. The lowest BCUT2D eigenvalue weighted by atomic mass is 10.1. The lowest BCUT2D eigenvalue weighted by molar-refractivity contribution is -0.121. The molecule has 1 fully saturated rings. The summed E-state index contributed by atoms with van der Waals surface area (Å²) >= 11 is 1.30. The van der Waals surface area contributed by atoms with Crippen molar-refractivity contribution in [2.24, 2.45) is 0 Å². The van der Waals surface area contributed by atoms with Gasteiger partial charge in [0, 0.05) is 22.6 Å². The van der Waals surface area contributed by atoms with E-state index in [1.165, 1.54) is 44.1 Å². The van der Waals surface area contributed by atoms with Gasteiger partial charge in [0.2, 0.25) is 17.6 Å². The Balaban J connectivity index is 1.35. The predicted molar refractivity (Wildman–Crippen MR) is 186 cm³/mol. The fourth-order valence-electron chi connectivity index (χ4n) is 5.36. The molecule has 0 spiro atoms. The Morgan fingerprint density at radius 1 is 0.833 bits per heavy atom. The van der Waals surface area contributed by atoms with Gasteiger partial charge in [-0.3, -0.25) is 19.2 Å². The van der Waals surface area contributed by atoms with Gasteiger partial charge in [-0.25, -0.2) is 4.90 Å². The molecular formula is C37H35N3O7S. The van der Waals surface area contributed by atoms with Crippen LogP contribution < -0.4 is 29.7 Å². The molecule has 0 radical (unpaired) electrons. The molecule has 2 N–H and O–H groups in total. The quantitative estimate of drug-likeness (QED) is 0.144. The maximum Gasteiger partial charge on any atom is 0.272 e. The number of imide groups is 1. The summed E-state index contributed by atoms with van der Waals surface area (Å²) in [6.45, 7) is 3.77. The van der Waals surface area contributed by atoms with Crippen molar-refractivity contribution in [2.75, 3.05) is 31.5 Å². The molecule has 1 aliphatic heterocycles. The monoisotopic (exact) mass is 665 g/mol. The molecule has 1 heterocycles. The first-order valence-electron chi connectivity index (χ1n) is 15.0. The third-order valence-electron chi connectivity index (χ3n) is 7.69. The third-order valence-corrected chi connectivity index (χ3v) is 8.88. The number of aryl methyl sites for hydroxylation is 2. The number of benzene rings is 4. The van der Waals surface area contributed by atoms with E-state index in [1.807, 2.05) is 32.0 Å². The summed E-state index contributed by atoms with van der Waals surface area (Å²) < 4.78 is 16.3. The number of hydrogen-bond acceptors (Lipinski definition) is 8. The number of amides is 4. The zero-order valence-corrected chi connectivity index (χ0v) is 28.0. The summed E-state index contributed by atoms with van der Waals surface area (Å²) in [5.41, 5.74) is 3.68. The van der Waals surface area contributed by atoms with E-state index in [4.69, 9.17) is 14.2 Å². The van der Waals surface area contributed by atoms with E-state index in [9.17, 15) is 19.2 Å². The van der Waals surface area contributed by atoms with E-state index < -0.39 is 17.1 Å². The van der Waals surface area contributed by atoms with Crippen LogP contribution in [0.25, 0.3) is 6.08 Å². The van der Waals surface area contributed by atoms with E-state index in [2.05, 4.69) is 10.6 Å². The molecular weight excluding hydrogens is 630 g/mol. The standard InChI is InChI=1S/C37H35N3O7S/c1-22-10-9-11-23(2)33(22)40-32(41)21-31(37(40)44)48-27-16-14-26(15-17-27)38-36(43)28(39-35(42)25-12-7-6-8-13-25)18-24-19-29(45-3)34(47-5)30(20-24)46-4/h6-20,31H,21H2,1-5H3,(H,38,43)(H,39,42)/b28-18-. The van der Waals surface area contributed by atoms with Crippen molar-refractivity contribution in [1.82, 2.24) is 5.32 Å². The Morgan fingerprint density at radius 3 is 2.04 bits per heavy atom. The summed E-state index contributed by atoms with van der Waals surface area (Å²) in [5, 5.41) is 4.98. The summed E-state index contributed by atoms with van der Waals surface area (Å²) in [7, 11) is 4.46. The van der Waals surface area contributed by atoms with Crippen LogP contribution >= 0.6 is 11.8 Å². The van der Waals surface area contributed by atoms with Crippen LogP contribution in [0.2, 0.25) is 0 Å². The average molecular weight is 666 g/mol. The van der Waals surface area contributed by atoms with E-state index in [0.717, 1.165) is 16.0 Å². The fraction of sp³-hybridized carbons (Fsp3) is 0.189. The summed E-state index contributed by atoms with van der Waals surface area (Å²) in [6, 6.07) is 24.4. The van der Waals surface area contributed by atoms with Gasteiger partial charge in [-0.1, -0.05) is 36.4 Å². The first-order chi connectivity index (χ1) is 23.1. The van der Waals surface area contributed by atoms with Crippen molar-refractivity contribution in [2.45, 2.75) is 30.4 Å². The van der Waals surface area contributed by atoms with Crippen LogP contribution in [0.3, 0.4) is 0 Å². The van der Waals surface area contributed by atoms with Gasteiger partial charge in [-0.05, 0) is 85.1 Å². The minimum absolute atomic E-state index is 0.0294. The summed E-state index contributed by atoms with van der Waals surface area (Å²) in [5.74, 6) is -0.389. The molecule has 4 aromatic carbocycles. The number of nitrogens with one attached hydrogen (secondary N) is 2. The van der Waals surface area contributed by atoms with Crippen LogP contribution in [0.1, 0.15) is 33.5 Å². The molecule has 0 aliphatic carbocycles. The lowest BCUT2D eigenvalue weighted by Gasteiger charge is -2.19. The molecule has 4 aromatic rings. The van der Waals surface area contributed by atoms with E-state index in [1.54, 1.807) is 66.7 Å². The van der Waals surface area contributed by atoms with Crippen LogP contribution in [0, 0.1) is 13.8 Å².